The Labute approximate surface area is 382 Å². The van der Waals surface area contributed by atoms with Gasteiger partial charge in [-0.1, -0.05) is 30.3 Å². The van der Waals surface area contributed by atoms with Crippen LogP contribution in [0.15, 0.2) is 30.3 Å². The molecule has 0 saturated carbocycles. The van der Waals surface area contributed by atoms with Crippen molar-refractivity contribution in [3.63, 3.8) is 0 Å². The Morgan fingerprint density at radius 1 is 0.484 bits per heavy atom. The maximum atomic E-state index is 13.2. The van der Waals surface area contributed by atoms with Crippen LogP contribution in [0.4, 0.5) is 4.79 Å². The third kappa shape index (κ3) is 31.0. The molecular weight excluding hydrogens is 829 g/mol. The highest BCUT2D eigenvalue weighted by Gasteiger charge is 2.26. The zero-order valence-corrected chi connectivity index (χ0v) is 40.3. The fourth-order valence-corrected chi connectivity index (χ4v) is 6.22. The molecule has 0 unspecified atom stereocenters. The van der Waals surface area contributed by atoms with Crippen molar-refractivity contribution < 1.29 is 57.1 Å². The van der Waals surface area contributed by atoms with E-state index in [2.05, 4.69) is 10.6 Å². The normalized spacial score (nSPS) is 15.6. The Hall–Kier alpha value is -3.91. The lowest BCUT2D eigenvalue weighted by molar-refractivity contribution is -0.158. The monoisotopic (exact) mass is 909 g/mol. The Morgan fingerprint density at radius 2 is 0.828 bits per heavy atom. The van der Waals surface area contributed by atoms with Gasteiger partial charge in [0.1, 0.15) is 23.4 Å². The van der Waals surface area contributed by atoms with Gasteiger partial charge in [-0.15, -0.1) is 0 Å². The lowest BCUT2D eigenvalue weighted by Gasteiger charge is -2.34. The molecule has 0 spiro atoms. The quantitative estimate of drug-likeness (QED) is 0.0875. The molecule has 0 atom stereocenters. The first-order valence-corrected chi connectivity index (χ1v) is 22.7. The summed E-state index contributed by atoms with van der Waals surface area (Å²) in [6.45, 7) is 24.2. The highest BCUT2D eigenvalue weighted by molar-refractivity contribution is 5.78. The molecule has 366 valence electrons. The molecule has 0 aliphatic carbocycles. The van der Waals surface area contributed by atoms with Crippen LogP contribution in [-0.4, -0.2) is 198 Å². The van der Waals surface area contributed by atoms with Crippen LogP contribution in [0.25, 0.3) is 0 Å². The minimum absolute atomic E-state index is 0.0517. The van der Waals surface area contributed by atoms with Crippen LogP contribution in [0.1, 0.15) is 80.7 Å². The van der Waals surface area contributed by atoms with E-state index in [9.17, 15) is 24.0 Å². The predicted octanol–water partition coefficient (Wildman–Crippen LogP) is 3.11. The molecule has 1 aliphatic heterocycles. The van der Waals surface area contributed by atoms with Gasteiger partial charge in [-0.3, -0.25) is 38.8 Å². The van der Waals surface area contributed by atoms with Gasteiger partial charge in [0.25, 0.3) is 0 Å². The van der Waals surface area contributed by atoms with E-state index in [1.807, 2.05) is 112 Å². The van der Waals surface area contributed by atoms with E-state index in [0.717, 1.165) is 5.56 Å². The number of hydrogen-bond donors (Lipinski definition) is 2. The Bertz CT molecular complexity index is 1450. The number of carbonyl (C=O) groups excluding carboxylic acids is 5. The summed E-state index contributed by atoms with van der Waals surface area (Å²) < 4.78 is 38.9. The van der Waals surface area contributed by atoms with E-state index < -0.39 is 22.9 Å². The SMILES string of the molecule is CC(C)(C)OC(=O)CN1CCN(CC(=O)NCCCOCCOCCOCCCNC(=O)OCc2ccccc2)CCN(CC(=O)OC(C)(C)C)CCN(CC(=O)OC(C)(C)C)CC1. The minimum atomic E-state index is -0.646. The summed E-state index contributed by atoms with van der Waals surface area (Å²) >= 11 is 0. The smallest absolute Gasteiger partial charge is 0.407 e. The molecular formula is C46H80N6O12. The number of esters is 3. The molecule has 1 aromatic rings. The zero-order chi connectivity index (χ0) is 47.4. The molecule has 18 nitrogen and oxygen atoms in total. The second-order valence-corrected chi connectivity index (χ2v) is 18.7. The van der Waals surface area contributed by atoms with Crippen LogP contribution in [0.3, 0.4) is 0 Å². The standard InChI is InChI=1S/C46H80N6O12/c1-44(2,3)62-40(54)34-50-21-19-49(20-22-51(35-41(55)63-45(4,5)6)24-26-52(25-23-50)36-42(56)64-46(7,8)9)33-39(53)47-17-13-27-58-29-31-60-32-30-59-28-14-18-48-43(57)61-37-38-15-11-10-12-16-38/h10-12,15-16H,13-14,17-37H2,1-9H3,(H,47,53)(H,48,57). The molecule has 2 rings (SSSR count). The largest absolute Gasteiger partial charge is 0.459 e. The van der Waals surface area contributed by atoms with Crippen molar-refractivity contribution in [2.75, 3.05) is 131 Å². The van der Waals surface area contributed by atoms with Crippen LogP contribution < -0.4 is 10.6 Å². The fraction of sp³-hybridized carbons (Fsp3) is 0.761. The number of amides is 2. The Balaban J connectivity index is 1.80. The van der Waals surface area contributed by atoms with E-state index >= 15 is 0 Å². The number of nitrogens with one attached hydrogen (secondary N) is 2. The first-order valence-electron chi connectivity index (χ1n) is 22.7. The van der Waals surface area contributed by atoms with Gasteiger partial charge < -0.3 is 43.8 Å². The van der Waals surface area contributed by atoms with Crippen molar-refractivity contribution in [2.45, 2.75) is 98.6 Å². The van der Waals surface area contributed by atoms with E-state index in [1.54, 1.807) is 0 Å². The second kappa shape index (κ2) is 30.3. The summed E-state index contributed by atoms with van der Waals surface area (Å²) in [4.78, 5) is 71.9. The molecule has 0 bridgehead atoms. The average Bonchev–Trinajstić information content (AvgIpc) is 3.17. The number of alkyl carbamates (subject to hydrolysis) is 1. The Morgan fingerprint density at radius 3 is 1.20 bits per heavy atom. The lowest BCUT2D eigenvalue weighted by Crippen LogP contribution is -2.50. The summed E-state index contributed by atoms with van der Waals surface area (Å²) in [5.41, 5.74) is -1.00. The van der Waals surface area contributed by atoms with Crippen LogP contribution in [-0.2, 0) is 58.9 Å². The maximum Gasteiger partial charge on any atom is 0.407 e. The summed E-state index contributed by atoms with van der Waals surface area (Å²) in [6.07, 6.45) is 0.815. The van der Waals surface area contributed by atoms with Gasteiger partial charge >= 0.3 is 24.0 Å². The summed E-state index contributed by atoms with van der Waals surface area (Å²) in [6, 6.07) is 9.49. The molecule has 1 aromatic carbocycles. The molecule has 0 radical (unpaired) electrons. The van der Waals surface area contributed by atoms with Crippen molar-refractivity contribution >= 4 is 29.9 Å². The zero-order valence-electron chi connectivity index (χ0n) is 40.3. The molecule has 64 heavy (non-hydrogen) atoms. The third-order valence-corrected chi connectivity index (χ3v) is 9.09. The Kier molecular flexibility index (Phi) is 26.6. The number of hydrogen-bond acceptors (Lipinski definition) is 16. The van der Waals surface area contributed by atoms with Crippen LogP contribution in [0, 0.1) is 0 Å². The van der Waals surface area contributed by atoms with E-state index in [0.29, 0.717) is 118 Å². The van der Waals surface area contributed by atoms with Crippen molar-refractivity contribution in [1.29, 1.82) is 0 Å². The highest BCUT2D eigenvalue weighted by Crippen LogP contribution is 2.12. The first-order chi connectivity index (χ1) is 30.2. The number of nitrogens with zero attached hydrogens (tertiary/aromatic N) is 4. The van der Waals surface area contributed by atoms with Crippen molar-refractivity contribution in [3.05, 3.63) is 35.9 Å². The molecule has 1 fully saturated rings. The molecule has 1 saturated heterocycles. The molecule has 0 aromatic heterocycles. The van der Waals surface area contributed by atoms with Crippen molar-refractivity contribution in [1.82, 2.24) is 30.2 Å². The van der Waals surface area contributed by atoms with Crippen molar-refractivity contribution in [2.24, 2.45) is 0 Å². The highest BCUT2D eigenvalue weighted by atomic mass is 16.6. The van der Waals surface area contributed by atoms with Gasteiger partial charge in [0.15, 0.2) is 0 Å². The molecule has 1 aliphatic rings. The van der Waals surface area contributed by atoms with Gasteiger partial charge in [-0.25, -0.2) is 4.79 Å². The number of rotatable bonds is 24. The predicted molar refractivity (Wildman–Crippen MR) is 243 cm³/mol. The number of benzene rings is 1. The molecule has 2 N–H and O–H groups in total. The van der Waals surface area contributed by atoms with Gasteiger partial charge in [0, 0.05) is 78.7 Å². The third-order valence-electron chi connectivity index (χ3n) is 9.09. The van der Waals surface area contributed by atoms with Gasteiger partial charge in [0.2, 0.25) is 5.91 Å². The fourth-order valence-electron chi connectivity index (χ4n) is 6.22. The van der Waals surface area contributed by atoms with E-state index in [4.69, 9.17) is 33.2 Å². The number of ether oxygens (including phenoxy) is 7. The lowest BCUT2D eigenvalue weighted by atomic mass is 10.2. The van der Waals surface area contributed by atoms with Gasteiger partial charge in [-0.05, 0) is 80.7 Å². The topological polar surface area (TPSA) is 187 Å². The second-order valence-electron chi connectivity index (χ2n) is 18.7. The van der Waals surface area contributed by atoms with E-state index in [-0.39, 0.29) is 56.6 Å². The first kappa shape index (κ1) is 56.2. The van der Waals surface area contributed by atoms with E-state index in [1.165, 1.54) is 0 Å². The molecule has 1 heterocycles. The summed E-state index contributed by atoms with van der Waals surface area (Å²) in [5, 5.41) is 5.70. The van der Waals surface area contributed by atoms with Crippen molar-refractivity contribution in [3.8, 4) is 0 Å². The number of carbonyl (C=O) groups is 5. The van der Waals surface area contributed by atoms with Gasteiger partial charge in [0.05, 0.1) is 52.6 Å². The average molecular weight is 909 g/mol. The minimum Gasteiger partial charge on any atom is -0.459 e. The molecule has 18 heteroatoms. The summed E-state index contributed by atoms with van der Waals surface area (Å²) in [5.74, 6) is -1.21. The maximum absolute atomic E-state index is 13.2. The van der Waals surface area contributed by atoms with Crippen LogP contribution >= 0.6 is 0 Å². The van der Waals surface area contributed by atoms with Gasteiger partial charge in [-0.2, -0.15) is 0 Å². The summed E-state index contributed by atoms with van der Waals surface area (Å²) in [7, 11) is 0. The van der Waals surface area contributed by atoms with Crippen LogP contribution in [0.5, 0.6) is 0 Å². The molecule has 2 amide bonds. The van der Waals surface area contributed by atoms with Crippen LogP contribution in [0.2, 0.25) is 0 Å².